The molecule has 5 nitrogen and oxygen atoms in total. The number of rotatable bonds is 5. The van der Waals surface area contributed by atoms with Crippen molar-refractivity contribution in [2.45, 2.75) is 51.6 Å². The molecule has 2 rings (SSSR count). The zero-order valence-corrected chi connectivity index (χ0v) is 11.7. The lowest BCUT2D eigenvalue weighted by molar-refractivity contribution is 0.0134. The van der Waals surface area contributed by atoms with Crippen molar-refractivity contribution < 1.29 is 4.74 Å². The fraction of sp³-hybridized carbons (Fsp3) is 0.714. The zero-order chi connectivity index (χ0) is 13.7. The van der Waals surface area contributed by atoms with Crippen molar-refractivity contribution >= 4 is 5.82 Å². The van der Waals surface area contributed by atoms with Crippen LogP contribution in [0.4, 0.5) is 5.82 Å². The van der Waals surface area contributed by atoms with Gasteiger partial charge in [-0.15, -0.1) is 0 Å². The van der Waals surface area contributed by atoms with Gasteiger partial charge in [0.25, 0.3) is 5.56 Å². The molecule has 0 aromatic carbocycles. The van der Waals surface area contributed by atoms with Crippen molar-refractivity contribution in [2.24, 2.45) is 0 Å². The number of H-pyrrole nitrogens is 1. The molecule has 0 radical (unpaired) electrons. The summed E-state index contributed by atoms with van der Waals surface area (Å²) < 4.78 is 5.67. The SMILES string of the molecule is CC(C)c1nc(NCCC2CCCCO2)cc(=O)[nH]1. The number of nitrogens with zero attached hydrogens (tertiary/aromatic N) is 1. The summed E-state index contributed by atoms with van der Waals surface area (Å²) >= 11 is 0. The number of nitrogens with one attached hydrogen (secondary N) is 2. The maximum atomic E-state index is 11.5. The first-order valence-corrected chi connectivity index (χ1v) is 7.12. The highest BCUT2D eigenvalue weighted by atomic mass is 16.5. The minimum absolute atomic E-state index is 0.102. The van der Waals surface area contributed by atoms with Crippen LogP contribution in [0.2, 0.25) is 0 Å². The van der Waals surface area contributed by atoms with Crippen molar-refractivity contribution in [3.05, 3.63) is 22.2 Å². The topological polar surface area (TPSA) is 67.0 Å². The van der Waals surface area contributed by atoms with Gasteiger partial charge < -0.3 is 15.0 Å². The molecule has 5 heteroatoms. The van der Waals surface area contributed by atoms with E-state index in [0.717, 1.165) is 31.8 Å². The standard InChI is InChI=1S/C14H23N3O2/c1-10(2)14-16-12(9-13(18)17-14)15-7-6-11-5-3-4-8-19-11/h9-11H,3-8H2,1-2H3,(H2,15,16,17,18). The Morgan fingerprint density at radius 1 is 1.53 bits per heavy atom. The predicted molar refractivity (Wildman–Crippen MR) is 75.6 cm³/mol. The van der Waals surface area contributed by atoms with Crippen LogP contribution >= 0.6 is 0 Å². The summed E-state index contributed by atoms with van der Waals surface area (Å²) in [6, 6.07) is 1.51. The lowest BCUT2D eigenvalue weighted by Gasteiger charge is -2.22. The quantitative estimate of drug-likeness (QED) is 0.857. The van der Waals surface area contributed by atoms with Crippen LogP contribution in [0.25, 0.3) is 0 Å². The highest BCUT2D eigenvalue weighted by Crippen LogP contribution is 2.15. The third-order valence-electron chi connectivity index (χ3n) is 3.35. The number of aromatic amines is 1. The summed E-state index contributed by atoms with van der Waals surface area (Å²) in [5.74, 6) is 1.60. The van der Waals surface area contributed by atoms with E-state index in [-0.39, 0.29) is 11.5 Å². The van der Waals surface area contributed by atoms with Gasteiger partial charge in [0.15, 0.2) is 0 Å². The van der Waals surface area contributed by atoms with Crippen molar-refractivity contribution in [1.82, 2.24) is 9.97 Å². The van der Waals surface area contributed by atoms with Crippen LogP contribution in [0.5, 0.6) is 0 Å². The summed E-state index contributed by atoms with van der Waals surface area (Å²) in [5.41, 5.74) is -0.102. The Morgan fingerprint density at radius 3 is 3.05 bits per heavy atom. The normalized spacial score (nSPS) is 19.6. The van der Waals surface area contributed by atoms with E-state index < -0.39 is 0 Å². The van der Waals surface area contributed by atoms with Crippen LogP contribution in [-0.4, -0.2) is 29.2 Å². The average Bonchev–Trinajstić information content (AvgIpc) is 2.39. The van der Waals surface area contributed by atoms with E-state index in [4.69, 9.17) is 4.74 Å². The molecule has 0 saturated carbocycles. The van der Waals surface area contributed by atoms with Crippen LogP contribution in [0.3, 0.4) is 0 Å². The molecule has 0 amide bonds. The molecular weight excluding hydrogens is 242 g/mol. The second-order valence-electron chi connectivity index (χ2n) is 5.37. The van der Waals surface area contributed by atoms with Gasteiger partial charge in [-0.1, -0.05) is 13.8 Å². The van der Waals surface area contributed by atoms with Gasteiger partial charge in [0.05, 0.1) is 6.10 Å². The van der Waals surface area contributed by atoms with E-state index in [0.29, 0.717) is 11.9 Å². The maximum absolute atomic E-state index is 11.5. The third kappa shape index (κ3) is 4.35. The van der Waals surface area contributed by atoms with Gasteiger partial charge >= 0.3 is 0 Å². The van der Waals surface area contributed by atoms with E-state index in [1.54, 1.807) is 0 Å². The summed E-state index contributed by atoms with van der Waals surface area (Å²) in [5, 5.41) is 3.22. The molecule has 1 aliphatic rings. The van der Waals surface area contributed by atoms with Gasteiger partial charge in [-0.2, -0.15) is 0 Å². The first kappa shape index (κ1) is 14.1. The molecule has 19 heavy (non-hydrogen) atoms. The van der Waals surface area contributed by atoms with E-state index in [1.165, 1.54) is 18.9 Å². The molecule has 2 N–H and O–H groups in total. The Morgan fingerprint density at radius 2 is 2.37 bits per heavy atom. The molecule has 1 unspecified atom stereocenters. The van der Waals surface area contributed by atoms with Gasteiger partial charge in [-0.3, -0.25) is 4.79 Å². The van der Waals surface area contributed by atoms with Crippen LogP contribution in [0.15, 0.2) is 10.9 Å². The van der Waals surface area contributed by atoms with Gasteiger partial charge in [-0.25, -0.2) is 4.98 Å². The number of hydrogen-bond donors (Lipinski definition) is 2. The average molecular weight is 265 g/mol. The lowest BCUT2D eigenvalue weighted by Crippen LogP contribution is -2.22. The van der Waals surface area contributed by atoms with Crippen molar-refractivity contribution in [3.8, 4) is 0 Å². The highest BCUT2D eigenvalue weighted by Gasteiger charge is 2.13. The molecule has 2 heterocycles. The first-order chi connectivity index (χ1) is 9.15. The van der Waals surface area contributed by atoms with Crippen LogP contribution < -0.4 is 10.9 Å². The molecule has 0 bridgehead atoms. The maximum Gasteiger partial charge on any atom is 0.252 e. The van der Waals surface area contributed by atoms with E-state index in [2.05, 4.69) is 15.3 Å². The van der Waals surface area contributed by atoms with Crippen molar-refractivity contribution in [1.29, 1.82) is 0 Å². The number of ether oxygens (including phenoxy) is 1. The highest BCUT2D eigenvalue weighted by molar-refractivity contribution is 5.33. The Kier molecular flexibility index (Phi) is 4.96. The molecule has 1 atom stereocenters. The molecule has 0 spiro atoms. The molecular formula is C14H23N3O2. The monoisotopic (exact) mass is 265 g/mol. The second-order valence-corrected chi connectivity index (χ2v) is 5.37. The first-order valence-electron chi connectivity index (χ1n) is 7.12. The molecule has 1 aromatic rings. The molecule has 1 aromatic heterocycles. The summed E-state index contributed by atoms with van der Waals surface area (Å²) in [7, 11) is 0. The molecule has 1 saturated heterocycles. The summed E-state index contributed by atoms with van der Waals surface area (Å²) in [4.78, 5) is 18.7. The lowest BCUT2D eigenvalue weighted by atomic mass is 10.1. The second kappa shape index (κ2) is 6.70. The Labute approximate surface area is 113 Å². The smallest absolute Gasteiger partial charge is 0.252 e. The zero-order valence-electron chi connectivity index (χ0n) is 11.7. The van der Waals surface area contributed by atoms with Gasteiger partial charge in [0, 0.05) is 25.1 Å². The van der Waals surface area contributed by atoms with Crippen molar-refractivity contribution in [2.75, 3.05) is 18.5 Å². The largest absolute Gasteiger partial charge is 0.378 e. The molecule has 1 aliphatic heterocycles. The summed E-state index contributed by atoms with van der Waals surface area (Å²) in [6.07, 6.45) is 4.89. The Bertz CT molecular complexity index is 450. The number of hydrogen-bond acceptors (Lipinski definition) is 4. The molecule has 0 aliphatic carbocycles. The Balaban J connectivity index is 1.86. The van der Waals surface area contributed by atoms with Crippen molar-refractivity contribution in [3.63, 3.8) is 0 Å². The van der Waals surface area contributed by atoms with Crippen LogP contribution in [0, 0.1) is 0 Å². The molecule has 1 fully saturated rings. The third-order valence-corrected chi connectivity index (χ3v) is 3.35. The minimum atomic E-state index is -0.102. The van der Waals surface area contributed by atoms with E-state index >= 15 is 0 Å². The fourth-order valence-electron chi connectivity index (χ4n) is 2.24. The molecule has 106 valence electrons. The minimum Gasteiger partial charge on any atom is -0.378 e. The summed E-state index contributed by atoms with van der Waals surface area (Å²) in [6.45, 7) is 5.69. The predicted octanol–water partition coefficient (Wildman–Crippen LogP) is 2.26. The Hall–Kier alpha value is -1.36. The number of anilines is 1. The van der Waals surface area contributed by atoms with E-state index in [1.807, 2.05) is 13.8 Å². The van der Waals surface area contributed by atoms with Gasteiger partial charge in [0.1, 0.15) is 11.6 Å². The van der Waals surface area contributed by atoms with E-state index in [9.17, 15) is 4.79 Å². The number of aromatic nitrogens is 2. The van der Waals surface area contributed by atoms with Crippen LogP contribution in [-0.2, 0) is 4.74 Å². The van der Waals surface area contributed by atoms with Gasteiger partial charge in [-0.05, 0) is 25.7 Å². The van der Waals surface area contributed by atoms with Crippen LogP contribution in [0.1, 0.15) is 51.3 Å². The fourth-order valence-corrected chi connectivity index (χ4v) is 2.24. The van der Waals surface area contributed by atoms with Gasteiger partial charge in [0.2, 0.25) is 0 Å².